The number of carbonyl (C=O) groups is 2. The minimum absolute atomic E-state index is 0.228. The van der Waals surface area contributed by atoms with Crippen LogP contribution in [0.1, 0.15) is 37.8 Å². The molecule has 2 heterocycles. The zero-order valence-corrected chi connectivity index (χ0v) is 17.8. The summed E-state index contributed by atoms with van der Waals surface area (Å²) in [4.78, 5) is 25.7. The number of aryl methyl sites for hydroxylation is 2. The zero-order valence-electron chi connectivity index (χ0n) is 17.0. The average molecular weight is 434 g/mol. The molecule has 156 valence electrons. The van der Waals surface area contributed by atoms with Crippen LogP contribution in [-0.4, -0.2) is 31.3 Å². The summed E-state index contributed by atoms with van der Waals surface area (Å²) < 4.78 is 3.44. The molecule has 0 saturated heterocycles. The molecule has 8 heteroatoms. The Morgan fingerprint density at radius 2 is 1.77 bits per heavy atom. The first kappa shape index (κ1) is 20.6. The number of rotatable bonds is 6. The Morgan fingerprint density at radius 3 is 2.48 bits per heavy atom. The van der Waals surface area contributed by atoms with Gasteiger partial charge >= 0.3 is 0 Å². The van der Waals surface area contributed by atoms with E-state index >= 15 is 0 Å². The van der Waals surface area contributed by atoms with Gasteiger partial charge in [0, 0.05) is 28.0 Å². The maximum Gasteiger partial charge on any atom is 0.276 e. The van der Waals surface area contributed by atoms with E-state index in [1.54, 1.807) is 64.1 Å². The molecule has 0 fully saturated rings. The van der Waals surface area contributed by atoms with E-state index in [1.807, 2.05) is 26.0 Å². The van der Waals surface area contributed by atoms with E-state index in [4.69, 9.17) is 11.6 Å². The summed E-state index contributed by atoms with van der Waals surface area (Å²) >= 11 is 6.11. The second-order valence-corrected chi connectivity index (χ2v) is 7.58. The maximum absolute atomic E-state index is 12.9. The van der Waals surface area contributed by atoms with Gasteiger partial charge in [0.15, 0.2) is 11.5 Å². The van der Waals surface area contributed by atoms with Crippen LogP contribution in [0, 0.1) is 13.8 Å². The third kappa shape index (κ3) is 4.57. The van der Waals surface area contributed by atoms with Crippen molar-refractivity contribution < 1.29 is 9.59 Å². The summed E-state index contributed by atoms with van der Waals surface area (Å²) in [7, 11) is 0. The Labute approximate surface area is 184 Å². The summed E-state index contributed by atoms with van der Waals surface area (Å²) in [5.74, 6) is -0.648. The summed E-state index contributed by atoms with van der Waals surface area (Å²) in [5.41, 5.74) is 3.35. The normalized spacial score (nSPS) is 10.8. The van der Waals surface area contributed by atoms with Crippen LogP contribution in [0.2, 0.25) is 5.02 Å². The number of anilines is 1. The van der Waals surface area contributed by atoms with Crippen molar-refractivity contribution in [2.75, 3.05) is 5.32 Å². The molecule has 0 saturated carbocycles. The monoisotopic (exact) mass is 433 g/mol. The van der Waals surface area contributed by atoms with E-state index in [9.17, 15) is 9.59 Å². The van der Waals surface area contributed by atoms with Gasteiger partial charge in [-0.25, -0.2) is 4.68 Å². The van der Waals surface area contributed by atoms with E-state index in [0.29, 0.717) is 28.5 Å². The van der Waals surface area contributed by atoms with Crippen LogP contribution in [-0.2, 0) is 6.67 Å². The number of benzene rings is 2. The van der Waals surface area contributed by atoms with E-state index < -0.39 is 5.91 Å². The van der Waals surface area contributed by atoms with E-state index in [2.05, 4.69) is 15.5 Å². The molecule has 7 nitrogen and oxygen atoms in total. The van der Waals surface area contributed by atoms with Crippen LogP contribution < -0.4 is 5.32 Å². The first-order valence-electron chi connectivity index (χ1n) is 9.66. The highest BCUT2D eigenvalue weighted by Gasteiger charge is 2.18. The number of nitrogens with one attached hydrogen (secondary N) is 1. The van der Waals surface area contributed by atoms with Crippen molar-refractivity contribution in [2.45, 2.75) is 20.5 Å². The SMILES string of the molecule is Cc1cc(C)n(Cn2ccc(C(=O)Nc3ccc(Cl)cc3C(=O)c3ccccc3)n2)n1. The summed E-state index contributed by atoms with van der Waals surface area (Å²) in [6.45, 7) is 4.28. The number of hydrogen-bond donors (Lipinski definition) is 1. The molecule has 0 atom stereocenters. The van der Waals surface area contributed by atoms with Crippen LogP contribution in [0.4, 0.5) is 5.69 Å². The fourth-order valence-electron chi connectivity index (χ4n) is 3.26. The minimum Gasteiger partial charge on any atom is -0.320 e. The standard InChI is InChI=1S/C23H20ClN5O2/c1-15-12-16(2)29(26-15)14-28-11-10-21(27-28)23(31)25-20-9-8-18(24)13-19(20)22(30)17-6-4-3-5-7-17/h3-13H,14H2,1-2H3,(H,25,31). The second kappa shape index (κ2) is 8.57. The second-order valence-electron chi connectivity index (χ2n) is 7.15. The van der Waals surface area contributed by atoms with Crippen LogP contribution in [0.5, 0.6) is 0 Å². The molecule has 1 N–H and O–H groups in total. The Morgan fingerprint density at radius 1 is 1.00 bits per heavy atom. The topological polar surface area (TPSA) is 81.8 Å². The molecule has 0 spiro atoms. The molecule has 0 aliphatic carbocycles. The van der Waals surface area contributed by atoms with Gasteiger partial charge in [-0.05, 0) is 44.2 Å². The highest BCUT2D eigenvalue weighted by atomic mass is 35.5. The summed E-state index contributed by atoms with van der Waals surface area (Å²) in [5, 5.41) is 11.9. The largest absolute Gasteiger partial charge is 0.320 e. The van der Waals surface area contributed by atoms with E-state index in [1.165, 1.54) is 0 Å². The van der Waals surface area contributed by atoms with Gasteiger partial charge in [-0.2, -0.15) is 10.2 Å². The molecule has 0 unspecified atom stereocenters. The lowest BCUT2D eigenvalue weighted by atomic mass is 10.0. The molecule has 2 aromatic heterocycles. The van der Waals surface area contributed by atoms with Crippen molar-refractivity contribution in [1.82, 2.24) is 19.6 Å². The Kier molecular flexibility index (Phi) is 5.68. The fourth-order valence-corrected chi connectivity index (χ4v) is 3.43. The number of hydrogen-bond acceptors (Lipinski definition) is 4. The lowest BCUT2D eigenvalue weighted by molar-refractivity contribution is 0.102. The van der Waals surface area contributed by atoms with Crippen molar-refractivity contribution in [3.05, 3.63) is 100 Å². The third-order valence-corrected chi connectivity index (χ3v) is 5.00. The molecule has 0 bridgehead atoms. The molecule has 1 amide bonds. The van der Waals surface area contributed by atoms with E-state index in [-0.39, 0.29) is 11.5 Å². The van der Waals surface area contributed by atoms with Crippen LogP contribution >= 0.6 is 11.6 Å². The minimum atomic E-state index is -0.420. The molecule has 0 aliphatic heterocycles. The number of ketones is 1. The molecular weight excluding hydrogens is 414 g/mol. The predicted octanol–water partition coefficient (Wildman–Crippen LogP) is 4.34. The number of halogens is 1. The van der Waals surface area contributed by atoms with Crippen molar-refractivity contribution >= 4 is 29.0 Å². The lowest BCUT2D eigenvalue weighted by Crippen LogP contribution is -2.17. The molecule has 0 radical (unpaired) electrons. The van der Waals surface area contributed by atoms with Crippen molar-refractivity contribution in [1.29, 1.82) is 0 Å². The quantitative estimate of drug-likeness (QED) is 0.458. The number of nitrogens with zero attached hydrogens (tertiary/aromatic N) is 4. The molecule has 31 heavy (non-hydrogen) atoms. The third-order valence-electron chi connectivity index (χ3n) is 4.77. The highest BCUT2D eigenvalue weighted by Crippen LogP contribution is 2.24. The van der Waals surface area contributed by atoms with Crippen molar-refractivity contribution in [3.63, 3.8) is 0 Å². The van der Waals surface area contributed by atoms with Gasteiger partial charge in [0.1, 0.15) is 6.67 Å². The smallest absolute Gasteiger partial charge is 0.276 e. The molecular formula is C23H20ClN5O2. The van der Waals surface area contributed by atoms with Gasteiger partial charge in [-0.3, -0.25) is 14.3 Å². The highest BCUT2D eigenvalue weighted by molar-refractivity contribution is 6.31. The van der Waals surface area contributed by atoms with Gasteiger partial charge in [-0.15, -0.1) is 0 Å². The first-order chi connectivity index (χ1) is 14.9. The summed E-state index contributed by atoms with van der Waals surface area (Å²) in [6, 6.07) is 17.2. The van der Waals surface area contributed by atoms with Gasteiger partial charge in [0.25, 0.3) is 5.91 Å². The Hall–Kier alpha value is -3.71. The molecule has 0 aliphatic rings. The van der Waals surface area contributed by atoms with Gasteiger partial charge < -0.3 is 5.32 Å². The predicted molar refractivity (Wildman–Crippen MR) is 119 cm³/mol. The first-order valence-corrected chi connectivity index (χ1v) is 10.0. The number of carbonyl (C=O) groups excluding carboxylic acids is 2. The lowest BCUT2D eigenvalue weighted by Gasteiger charge is -2.10. The maximum atomic E-state index is 12.9. The van der Waals surface area contributed by atoms with Crippen LogP contribution in [0.15, 0.2) is 66.9 Å². The van der Waals surface area contributed by atoms with Crippen molar-refractivity contribution in [3.8, 4) is 0 Å². The summed E-state index contributed by atoms with van der Waals surface area (Å²) in [6.07, 6.45) is 1.71. The molecule has 4 aromatic rings. The van der Waals surface area contributed by atoms with Crippen LogP contribution in [0.25, 0.3) is 0 Å². The number of amides is 1. The van der Waals surface area contributed by atoms with Crippen molar-refractivity contribution in [2.24, 2.45) is 0 Å². The molecule has 4 rings (SSSR count). The number of aromatic nitrogens is 4. The Bertz CT molecular complexity index is 1260. The van der Waals surface area contributed by atoms with Gasteiger partial charge in [-0.1, -0.05) is 41.9 Å². The average Bonchev–Trinajstić information content (AvgIpc) is 3.35. The molecule has 2 aromatic carbocycles. The fraction of sp³-hybridized carbons (Fsp3) is 0.130. The van der Waals surface area contributed by atoms with Crippen LogP contribution in [0.3, 0.4) is 0 Å². The Balaban J connectivity index is 1.55. The van der Waals surface area contributed by atoms with Gasteiger partial charge in [0.05, 0.1) is 11.4 Å². The zero-order chi connectivity index (χ0) is 22.0. The van der Waals surface area contributed by atoms with Gasteiger partial charge in [0.2, 0.25) is 0 Å². The van der Waals surface area contributed by atoms with E-state index in [0.717, 1.165) is 11.4 Å².